The second-order valence-electron chi connectivity index (χ2n) is 7.10. The molecule has 2 atom stereocenters. The Balaban J connectivity index is 1.56. The fraction of sp³-hybridized carbons (Fsp3) is 0.238. The molecule has 0 spiro atoms. The molecule has 1 aliphatic heterocycles. The molecule has 11 heteroatoms. The number of ketones is 1. The Labute approximate surface area is 187 Å². The Hall–Kier alpha value is -3.79. The zero-order chi connectivity index (χ0) is 23.4. The highest BCUT2D eigenvalue weighted by Crippen LogP contribution is 2.20. The molecule has 1 heterocycles. The molecular weight excluding hydrogens is 442 g/mol. The van der Waals surface area contributed by atoms with Gasteiger partial charge in [0.15, 0.2) is 6.10 Å². The van der Waals surface area contributed by atoms with E-state index in [1.54, 1.807) is 12.1 Å². The van der Waals surface area contributed by atoms with Crippen molar-refractivity contribution in [2.24, 2.45) is 5.92 Å². The largest absolute Gasteiger partial charge is 0.454 e. The summed E-state index contributed by atoms with van der Waals surface area (Å²) < 4.78 is 5.23. The maximum Gasteiger partial charge on any atom is 0.312 e. The summed E-state index contributed by atoms with van der Waals surface area (Å²) in [4.78, 5) is 59.5. The van der Waals surface area contributed by atoms with Crippen LogP contribution in [0.25, 0.3) is 0 Å². The maximum atomic E-state index is 12.4. The number of non-ortho nitro benzene ring substituents is 1. The average molecular weight is 460 g/mol. The Morgan fingerprint density at radius 2 is 1.72 bits per heavy atom. The van der Waals surface area contributed by atoms with Crippen molar-refractivity contribution in [2.45, 2.75) is 19.4 Å². The van der Waals surface area contributed by atoms with E-state index in [1.807, 2.05) is 0 Å². The van der Waals surface area contributed by atoms with E-state index < -0.39 is 40.5 Å². The van der Waals surface area contributed by atoms with Crippen LogP contribution in [-0.2, 0) is 14.3 Å². The Bertz CT molecular complexity index is 1070. The summed E-state index contributed by atoms with van der Waals surface area (Å²) in [5.74, 6) is -3.17. The van der Waals surface area contributed by atoms with Gasteiger partial charge in [0.2, 0.25) is 11.7 Å². The number of nitrogens with zero attached hydrogens (tertiary/aromatic N) is 2. The fourth-order valence-corrected chi connectivity index (χ4v) is 3.19. The highest BCUT2D eigenvalue weighted by Gasteiger charge is 2.37. The second kappa shape index (κ2) is 9.56. The van der Waals surface area contributed by atoms with Crippen LogP contribution in [-0.4, -0.2) is 46.1 Å². The Kier molecular flexibility index (Phi) is 6.84. The third kappa shape index (κ3) is 5.27. The molecule has 1 N–H and O–H groups in total. The molecule has 0 unspecified atom stereocenters. The van der Waals surface area contributed by atoms with Gasteiger partial charge in [0, 0.05) is 34.7 Å². The summed E-state index contributed by atoms with van der Waals surface area (Å²) in [7, 11) is 0. The number of amides is 2. The maximum absolute atomic E-state index is 12.4. The first kappa shape index (κ1) is 22.9. The van der Waals surface area contributed by atoms with Gasteiger partial charge in [-0.1, -0.05) is 11.6 Å². The average Bonchev–Trinajstić information content (AvgIpc) is 3.14. The highest BCUT2D eigenvalue weighted by molar-refractivity contribution is 6.30. The molecule has 32 heavy (non-hydrogen) atoms. The van der Waals surface area contributed by atoms with Gasteiger partial charge in [-0.15, -0.1) is 0 Å². The molecule has 1 fully saturated rings. The molecule has 10 nitrogen and oxygen atoms in total. The van der Waals surface area contributed by atoms with E-state index in [4.69, 9.17) is 16.3 Å². The minimum absolute atomic E-state index is 0.108. The van der Waals surface area contributed by atoms with Gasteiger partial charge in [-0.05, 0) is 43.3 Å². The van der Waals surface area contributed by atoms with E-state index in [9.17, 15) is 29.3 Å². The first-order valence-electron chi connectivity index (χ1n) is 9.51. The van der Waals surface area contributed by atoms with Crippen molar-refractivity contribution < 1.29 is 28.8 Å². The number of rotatable bonds is 7. The van der Waals surface area contributed by atoms with Gasteiger partial charge in [0.05, 0.1) is 17.4 Å². The topological polar surface area (TPSA) is 136 Å². The third-order valence-corrected chi connectivity index (χ3v) is 5.08. The zero-order valence-electron chi connectivity index (χ0n) is 16.8. The molecular formula is C21H18ClN3O7. The molecule has 2 aromatic carbocycles. The molecule has 0 aromatic heterocycles. The number of nitro benzene ring substituents is 1. The van der Waals surface area contributed by atoms with Crippen molar-refractivity contribution in [3.05, 3.63) is 74.8 Å². The molecule has 1 aliphatic rings. The minimum Gasteiger partial charge on any atom is -0.454 e. The molecule has 1 saturated heterocycles. The summed E-state index contributed by atoms with van der Waals surface area (Å²) in [6, 6.07) is 11.0. The second-order valence-corrected chi connectivity index (χ2v) is 7.54. The van der Waals surface area contributed by atoms with Gasteiger partial charge in [-0.2, -0.15) is 0 Å². The molecule has 0 bridgehead atoms. The normalized spacial score (nSPS) is 16.4. The lowest BCUT2D eigenvalue weighted by atomic mass is 10.1. The molecule has 166 valence electrons. The van der Waals surface area contributed by atoms with Crippen molar-refractivity contribution in [3.8, 4) is 0 Å². The van der Waals surface area contributed by atoms with Gasteiger partial charge in [-0.25, -0.2) is 0 Å². The molecule has 2 aromatic rings. The number of ether oxygens (including phenoxy) is 1. The molecule has 3 rings (SSSR count). The number of hydrazine groups is 1. The molecule has 2 amide bonds. The van der Waals surface area contributed by atoms with E-state index in [2.05, 4.69) is 5.43 Å². The van der Waals surface area contributed by atoms with Crippen LogP contribution in [0, 0.1) is 16.0 Å². The number of esters is 1. The summed E-state index contributed by atoms with van der Waals surface area (Å²) in [5, 5.41) is 12.1. The number of carbonyl (C=O) groups excluding carboxylic acids is 4. The van der Waals surface area contributed by atoms with Crippen molar-refractivity contribution in [1.82, 2.24) is 10.4 Å². The van der Waals surface area contributed by atoms with Crippen molar-refractivity contribution in [3.63, 3.8) is 0 Å². The lowest BCUT2D eigenvalue weighted by Gasteiger charge is -2.18. The van der Waals surface area contributed by atoms with Crippen LogP contribution in [0.3, 0.4) is 0 Å². The van der Waals surface area contributed by atoms with E-state index >= 15 is 0 Å². The lowest BCUT2D eigenvalue weighted by molar-refractivity contribution is -0.384. The van der Waals surface area contributed by atoms with Gasteiger partial charge < -0.3 is 4.74 Å². The van der Waals surface area contributed by atoms with Crippen molar-refractivity contribution in [1.29, 1.82) is 0 Å². The van der Waals surface area contributed by atoms with Crippen LogP contribution >= 0.6 is 11.6 Å². The number of benzene rings is 2. The van der Waals surface area contributed by atoms with Crippen molar-refractivity contribution >= 4 is 40.9 Å². The van der Waals surface area contributed by atoms with Gasteiger partial charge in [0.1, 0.15) is 0 Å². The summed E-state index contributed by atoms with van der Waals surface area (Å²) in [6.45, 7) is 1.30. The zero-order valence-corrected chi connectivity index (χ0v) is 17.6. The number of Topliss-reactive ketones (excluding diaryl/α,β-unsaturated/α-hetero) is 1. The molecule has 0 aliphatic carbocycles. The van der Waals surface area contributed by atoms with E-state index in [1.165, 1.54) is 43.3 Å². The number of nitro groups is 1. The lowest BCUT2D eigenvalue weighted by Crippen LogP contribution is -2.43. The van der Waals surface area contributed by atoms with Crippen LogP contribution in [0.4, 0.5) is 5.69 Å². The van der Waals surface area contributed by atoms with Crippen LogP contribution < -0.4 is 5.43 Å². The standard InChI is InChI=1S/C21H18ClN3O7/c1-12(19(27)13-2-6-16(22)7-3-13)32-21(29)15-10-18(26)24(11-15)23-20(28)14-4-8-17(9-5-14)25(30)31/h2-9,12,15H,10-11H2,1H3,(H,23,28)/t12-,15+/m0/s1. The first-order chi connectivity index (χ1) is 15.2. The third-order valence-electron chi connectivity index (χ3n) is 4.83. The molecule has 0 saturated carbocycles. The Morgan fingerprint density at radius 1 is 1.12 bits per heavy atom. The summed E-state index contributed by atoms with van der Waals surface area (Å²) in [5.41, 5.74) is 2.63. The van der Waals surface area contributed by atoms with Crippen LogP contribution in [0.5, 0.6) is 0 Å². The fourth-order valence-electron chi connectivity index (χ4n) is 3.07. The van der Waals surface area contributed by atoms with Crippen LogP contribution in [0.15, 0.2) is 48.5 Å². The number of carbonyl (C=O) groups is 4. The van der Waals surface area contributed by atoms with Gasteiger partial charge in [-0.3, -0.25) is 39.7 Å². The Morgan fingerprint density at radius 3 is 2.31 bits per heavy atom. The number of nitrogens with one attached hydrogen (secondary N) is 1. The molecule has 0 radical (unpaired) electrons. The van der Waals surface area contributed by atoms with E-state index in [-0.39, 0.29) is 24.2 Å². The van der Waals surface area contributed by atoms with Crippen molar-refractivity contribution in [2.75, 3.05) is 6.54 Å². The smallest absolute Gasteiger partial charge is 0.312 e. The monoisotopic (exact) mass is 459 g/mol. The minimum atomic E-state index is -1.07. The van der Waals surface area contributed by atoms with E-state index in [0.29, 0.717) is 10.6 Å². The number of hydrogen-bond donors (Lipinski definition) is 1. The SMILES string of the molecule is C[C@H](OC(=O)[C@@H]1CC(=O)N(NC(=O)c2ccc([N+](=O)[O-])cc2)C1)C(=O)c1ccc(Cl)cc1. The van der Waals surface area contributed by atoms with E-state index in [0.717, 1.165) is 5.01 Å². The number of halogens is 1. The van der Waals surface area contributed by atoms with Crippen LogP contribution in [0.2, 0.25) is 5.02 Å². The first-order valence-corrected chi connectivity index (χ1v) is 9.89. The number of hydrogen-bond acceptors (Lipinski definition) is 7. The summed E-state index contributed by atoms with van der Waals surface area (Å²) in [6.07, 6.45) is -1.26. The highest BCUT2D eigenvalue weighted by atomic mass is 35.5. The quantitative estimate of drug-likeness (QED) is 0.291. The summed E-state index contributed by atoms with van der Waals surface area (Å²) >= 11 is 5.80. The van der Waals surface area contributed by atoms with Gasteiger partial charge in [0.25, 0.3) is 11.6 Å². The predicted octanol–water partition coefficient (Wildman–Crippen LogP) is 2.56. The predicted molar refractivity (Wildman–Crippen MR) is 112 cm³/mol. The van der Waals surface area contributed by atoms with Crippen LogP contribution in [0.1, 0.15) is 34.1 Å². The van der Waals surface area contributed by atoms with Gasteiger partial charge >= 0.3 is 5.97 Å².